The van der Waals surface area contributed by atoms with E-state index >= 15 is 0 Å². The third-order valence-electron chi connectivity index (χ3n) is 7.30. The lowest BCUT2D eigenvalue weighted by Gasteiger charge is -2.14. The smallest absolute Gasteiger partial charge is 0.229 e. The number of hydrogen-bond donors (Lipinski definition) is 0. The molecule has 1 aliphatic rings. The molecule has 0 bridgehead atoms. The van der Waals surface area contributed by atoms with E-state index in [1.165, 1.54) is 18.4 Å². The van der Waals surface area contributed by atoms with Gasteiger partial charge >= 0.3 is 0 Å². The molecule has 0 unspecified atom stereocenters. The van der Waals surface area contributed by atoms with Crippen molar-refractivity contribution in [2.45, 2.75) is 25.7 Å². The van der Waals surface area contributed by atoms with Gasteiger partial charge in [0.15, 0.2) is 11.6 Å². The third-order valence-corrected chi connectivity index (χ3v) is 7.30. The number of aromatic nitrogens is 2. The number of ketones is 2. The first-order chi connectivity index (χ1) is 19.4. The van der Waals surface area contributed by atoms with E-state index in [9.17, 15) is 14.0 Å². The Hall–Kier alpha value is -4.85. The van der Waals surface area contributed by atoms with Gasteiger partial charge in [0.25, 0.3) is 0 Å². The van der Waals surface area contributed by atoms with Crippen LogP contribution in [0.25, 0.3) is 22.4 Å². The largest absolute Gasteiger partial charge is 0.496 e. The summed E-state index contributed by atoms with van der Waals surface area (Å²) in [5.41, 5.74) is 1.94. The molecule has 200 valence electrons. The van der Waals surface area contributed by atoms with Crippen LogP contribution in [-0.4, -0.2) is 28.6 Å². The molecule has 1 aliphatic carbocycles. The quantitative estimate of drug-likeness (QED) is 0.187. The van der Waals surface area contributed by atoms with Gasteiger partial charge in [-0.3, -0.25) is 14.6 Å². The molecule has 2 heterocycles. The molecule has 0 amide bonds. The summed E-state index contributed by atoms with van der Waals surface area (Å²) in [5.74, 6) is 1.65. The Morgan fingerprint density at radius 2 is 1.55 bits per heavy atom. The Morgan fingerprint density at radius 3 is 2.15 bits per heavy atom. The van der Waals surface area contributed by atoms with Gasteiger partial charge in [-0.05, 0) is 60.4 Å². The summed E-state index contributed by atoms with van der Waals surface area (Å²) in [6.07, 6.45) is 6.13. The van der Waals surface area contributed by atoms with Gasteiger partial charge in [0.2, 0.25) is 5.89 Å². The number of rotatable bonds is 10. The van der Waals surface area contributed by atoms with Crippen LogP contribution >= 0.6 is 0 Å². The first kappa shape index (κ1) is 25.4. The Labute approximate surface area is 229 Å². The molecule has 40 heavy (non-hydrogen) atoms. The maximum Gasteiger partial charge on any atom is 0.229 e. The van der Waals surface area contributed by atoms with Gasteiger partial charge in [-0.2, -0.15) is 0 Å². The van der Waals surface area contributed by atoms with Crippen molar-refractivity contribution in [2.24, 2.45) is 5.41 Å². The Balaban J connectivity index is 1.17. The fourth-order valence-corrected chi connectivity index (χ4v) is 4.88. The number of methoxy groups -OCH3 is 1. The molecular formula is C32H25FN2O5. The average Bonchev–Trinajstić information content (AvgIpc) is 3.62. The summed E-state index contributed by atoms with van der Waals surface area (Å²) in [6.45, 7) is 0. The molecule has 5 aromatic rings. The Kier molecular flexibility index (Phi) is 6.59. The van der Waals surface area contributed by atoms with Crippen molar-refractivity contribution >= 4 is 22.5 Å². The summed E-state index contributed by atoms with van der Waals surface area (Å²) >= 11 is 0. The van der Waals surface area contributed by atoms with Crippen molar-refractivity contribution in [1.82, 2.24) is 9.97 Å². The van der Waals surface area contributed by atoms with Gasteiger partial charge in [0, 0.05) is 30.5 Å². The lowest BCUT2D eigenvalue weighted by atomic mass is 9.88. The van der Waals surface area contributed by atoms with Crippen LogP contribution in [-0.2, 0) is 22.4 Å². The minimum Gasteiger partial charge on any atom is -0.496 e. The lowest BCUT2D eigenvalue weighted by Crippen LogP contribution is -2.28. The second-order valence-corrected chi connectivity index (χ2v) is 9.87. The number of fused-ring (bicyclic) bond motifs is 1. The summed E-state index contributed by atoms with van der Waals surface area (Å²) in [7, 11) is 1.58. The van der Waals surface area contributed by atoms with E-state index in [0.29, 0.717) is 52.6 Å². The zero-order valence-corrected chi connectivity index (χ0v) is 21.7. The molecule has 1 saturated carbocycles. The van der Waals surface area contributed by atoms with Crippen LogP contribution in [0.15, 0.2) is 89.8 Å². The molecule has 6 rings (SSSR count). The molecule has 0 aliphatic heterocycles. The van der Waals surface area contributed by atoms with Gasteiger partial charge in [-0.15, -0.1) is 0 Å². The molecule has 0 radical (unpaired) electrons. The van der Waals surface area contributed by atoms with Gasteiger partial charge in [0.1, 0.15) is 29.3 Å². The molecule has 8 heteroatoms. The van der Waals surface area contributed by atoms with E-state index in [4.69, 9.17) is 13.9 Å². The van der Waals surface area contributed by atoms with Gasteiger partial charge in [-0.25, -0.2) is 9.37 Å². The molecule has 0 atom stereocenters. The van der Waals surface area contributed by atoms with E-state index in [1.807, 2.05) is 24.3 Å². The first-order valence-electron chi connectivity index (χ1n) is 12.9. The zero-order valence-electron chi connectivity index (χ0n) is 21.7. The number of nitrogens with zero attached hydrogens (tertiary/aromatic N) is 2. The average molecular weight is 537 g/mol. The standard InChI is InChI=1S/C32H25FN2O5/c1-38-28-19-26-24(18-25(28)31-35-14-15-39-31)27(10-13-34-26)40-23-8-4-21(5-9-23)17-30(37)32(11-12-32)29(36)16-20-2-6-22(33)7-3-20/h2-10,13-15,18-19H,11-12,16-17H2,1H3. The fraction of sp³-hybridized carbons (Fsp3) is 0.188. The molecule has 0 spiro atoms. The van der Waals surface area contributed by atoms with Crippen LogP contribution < -0.4 is 9.47 Å². The fourth-order valence-electron chi connectivity index (χ4n) is 4.88. The van der Waals surface area contributed by atoms with Gasteiger partial charge in [0.05, 0.1) is 29.8 Å². The van der Waals surface area contributed by atoms with Crippen LogP contribution in [0.3, 0.4) is 0 Å². The third kappa shape index (κ3) is 4.96. The van der Waals surface area contributed by atoms with E-state index in [0.717, 1.165) is 10.9 Å². The number of hydrogen-bond acceptors (Lipinski definition) is 7. The van der Waals surface area contributed by atoms with E-state index in [-0.39, 0.29) is 30.2 Å². The van der Waals surface area contributed by atoms with Crippen molar-refractivity contribution < 1.29 is 27.9 Å². The lowest BCUT2D eigenvalue weighted by molar-refractivity contribution is -0.133. The predicted molar refractivity (Wildman–Crippen MR) is 146 cm³/mol. The van der Waals surface area contributed by atoms with Crippen molar-refractivity contribution in [3.05, 3.63) is 102 Å². The second-order valence-electron chi connectivity index (χ2n) is 9.87. The minimum absolute atomic E-state index is 0.0820. The molecule has 2 aromatic heterocycles. The second kappa shape index (κ2) is 10.4. The Bertz CT molecular complexity index is 1690. The summed E-state index contributed by atoms with van der Waals surface area (Å²) in [6, 6.07) is 18.5. The molecule has 1 fully saturated rings. The maximum atomic E-state index is 13.2. The number of benzene rings is 3. The van der Waals surface area contributed by atoms with Crippen LogP contribution in [0.2, 0.25) is 0 Å². The highest BCUT2D eigenvalue weighted by Crippen LogP contribution is 2.49. The van der Waals surface area contributed by atoms with Crippen LogP contribution in [0.4, 0.5) is 4.39 Å². The number of halogens is 1. The van der Waals surface area contributed by atoms with Crippen LogP contribution in [0.5, 0.6) is 17.2 Å². The van der Waals surface area contributed by atoms with Crippen molar-refractivity contribution in [3.8, 4) is 28.7 Å². The first-order valence-corrected chi connectivity index (χ1v) is 12.9. The van der Waals surface area contributed by atoms with Crippen molar-refractivity contribution in [3.63, 3.8) is 0 Å². The van der Waals surface area contributed by atoms with Crippen molar-refractivity contribution in [2.75, 3.05) is 7.11 Å². The predicted octanol–water partition coefficient (Wildman–Crippen LogP) is 6.53. The highest BCUT2D eigenvalue weighted by Gasteiger charge is 2.54. The summed E-state index contributed by atoms with van der Waals surface area (Å²) in [4.78, 5) is 34.8. The zero-order chi connectivity index (χ0) is 27.7. The number of Topliss-reactive ketones (excluding diaryl/α,β-unsaturated/α-hetero) is 2. The summed E-state index contributed by atoms with van der Waals surface area (Å²) < 4.78 is 30.4. The molecule has 3 aromatic carbocycles. The number of carbonyl (C=O) groups excluding carboxylic acids is 2. The van der Waals surface area contributed by atoms with E-state index < -0.39 is 5.41 Å². The highest BCUT2D eigenvalue weighted by atomic mass is 19.1. The number of pyridine rings is 1. The number of carbonyl (C=O) groups is 2. The van der Waals surface area contributed by atoms with Crippen molar-refractivity contribution in [1.29, 1.82) is 0 Å². The molecule has 7 nitrogen and oxygen atoms in total. The summed E-state index contributed by atoms with van der Waals surface area (Å²) in [5, 5.41) is 0.756. The monoisotopic (exact) mass is 536 g/mol. The van der Waals surface area contributed by atoms with E-state index in [2.05, 4.69) is 9.97 Å². The molecule has 0 saturated heterocycles. The number of ether oxygens (including phenoxy) is 2. The topological polar surface area (TPSA) is 91.5 Å². The van der Waals surface area contributed by atoms with E-state index in [1.54, 1.807) is 49.8 Å². The highest BCUT2D eigenvalue weighted by molar-refractivity contribution is 6.11. The van der Waals surface area contributed by atoms with Crippen LogP contribution in [0.1, 0.15) is 24.0 Å². The minimum atomic E-state index is -0.929. The Morgan fingerprint density at radius 1 is 0.875 bits per heavy atom. The normalized spacial score (nSPS) is 13.7. The van der Waals surface area contributed by atoms with Crippen LogP contribution in [0, 0.1) is 11.2 Å². The van der Waals surface area contributed by atoms with Gasteiger partial charge in [-0.1, -0.05) is 24.3 Å². The molecule has 0 N–H and O–H groups in total. The molecular weight excluding hydrogens is 511 g/mol. The SMILES string of the molecule is COc1cc2nccc(Oc3ccc(CC(=O)C4(C(=O)Cc5ccc(F)cc5)CC4)cc3)c2cc1-c1ncco1. The van der Waals surface area contributed by atoms with Gasteiger partial charge < -0.3 is 13.9 Å². The number of oxazole rings is 1. The maximum absolute atomic E-state index is 13.2.